The van der Waals surface area contributed by atoms with Crippen molar-refractivity contribution in [1.29, 1.82) is 0 Å². The summed E-state index contributed by atoms with van der Waals surface area (Å²) < 4.78 is 11.2. The van der Waals surface area contributed by atoms with Crippen molar-refractivity contribution in [3.05, 3.63) is 23.8 Å². The number of rotatable bonds is 8. The molecule has 0 heterocycles. The number of hydrogen-bond acceptors (Lipinski definition) is 3. The topological polar surface area (TPSA) is 55.8 Å². The zero-order chi connectivity index (χ0) is 15.4. The molecule has 4 heteroatoms. The summed E-state index contributed by atoms with van der Waals surface area (Å²) in [5, 5.41) is 9.01. The second kappa shape index (κ2) is 6.83. The number of carboxylic acid groups (broad SMARTS) is 1. The third-order valence-corrected chi connectivity index (χ3v) is 4.05. The Hall–Kier alpha value is -1.71. The first-order valence-electron chi connectivity index (χ1n) is 7.68. The van der Waals surface area contributed by atoms with Crippen molar-refractivity contribution in [2.24, 2.45) is 17.8 Å². The van der Waals surface area contributed by atoms with Gasteiger partial charge in [-0.3, -0.25) is 4.79 Å². The summed E-state index contributed by atoms with van der Waals surface area (Å²) in [6, 6.07) is 6.00. The minimum atomic E-state index is -0.659. The molecule has 116 valence electrons. The van der Waals surface area contributed by atoms with Crippen molar-refractivity contribution in [2.45, 2.75) is 33.6 Å². The summed E-state index contributed by atoms with van der Waals surface area (Å²) in [4.78, 5) is 10.9. The molecule has 1 aliphatic carbocycles. The number of carbonyl (C=O) groups is 1. The first-order chi connectivity index (χ1) is 10.1. The zero-order valence-corrected chi connectivity index (χ0v) is 13.0. The van der Waals surface area contributed by atoms with E-state index in [2.05, 4.69) is 6.92 Å². The van der Waals surface area contributed by atoms with Crippen molar-refractivity contribution in [3.63, 3.8) is 0 Å². The van der Waals surface area contributed by atoms with Crippen LogP contribution in [0.5, 0.6) is 11.5 Å². The maximum atomic E-state index is 10.9. The Balaban J connectivity index is 2.03. The van der Waals surface area contributed by atoms with Crippen molar-refractivity contribution >= 4 is 5.97 Å². The van der Waals surface area contributed by atoms with Crippen LogP contribution in [-0.2, 0) is 11.2 Å². The van der Waals surface area contributed by atoms with Crippen molar-refractivity contribution in [2.75, 3.05) is 13.2 Å². The van der Waals surface area contributed by atoms with Crippen LogP contribution in [0.25, 0.3) is 0 Å². The number of aliphatic carboxylic acids is 1. The van der Waals surface area contributed by atoms with Gasteiger partial charge in [0.2, 0.25) is 0 Å². The molecule has 3 unspecified atom stereocenters. The average Bonchev–Trinajstić information content (AvgIpc) is 3.22. The molecule has 2 rings (SSSR count). The van der Waals surface area contributed by atoms with Crippen LogP contribution in [0.2, 0.25) is 0 Å². The molecule has 0 amide bonds. The molecule has 21 heavy (non-hydrogen) atoms. The molecule has 3 atom stereocenters. The van der Waals surface area contributed by atoms with E-state index in [9.17, 15) is 4.79 Å². The van der Waals surface area contributed by atoms with Gasteiger partial charge in [-0.15, -0.1) is 0 Å². The largest absolute Gasteiger partial charge is 0.490 e. The van der Waals surface area contributed by atoms with Crippen LogP contribution in [0.4, 0.5) is 0 Å². The number of hydrogen-bond donors (Lipinski definition) is 1. The summed E-state index contributed by atoms with van der Waals surface area (Å²) in [5.41, 5.74) is 1.17. The van der Waals surface area contributed by atoms with Crippen LogP contribution in [0.15, 0.2) is 18.2 Å². The van der Waals surface area contributed by atoms with Crippen LogP contribution in [0.1, 0.15) is 32.8 Å². The Bertz CT molecular complexity index is 498. The summed E-state index contributed by atoms with van der Waals surface area (Å²) >= 11 is 0. The number of carboxylic acids is 1. The van der Waals surface area contributed by atoms with Gasteiger partial charge in [-0.25, -0.2) is 0 Å². The van der Waals surface area contributed by atoms with Gasteiger partial charge in [0, 0.05) is 0 Å². The van der Waals surface area contributed by atoms with Gasteiger partial charge in [0.05, 0.1) is 19.1 Å². The molecule has 1 saturated carbocycles. The monoisotopic (exact) mass is 292 g/mol. The smallest absolute Gasteiger partial charge is 0.306 e. The van der Waals surface area contributed by atoms with Gasteiger partial charge in [-0.1, -0.05) is 13.0 Å². The minimum absolute atomic E-state index is 0.144. The Morgan fingerprint density at radius 2 is 1.95 bits per heavy atom. The lowest BCUT2D eigenvalue weighted by Crippen LogP contribution is -2.08. The van der Waals surface area contributed by atoms with Gasteiger partial charge in [-0.05, 0) is 56.2 Å². The molecule has 1 aromatic rings. The fourth-order valence-corrected chi connectivity index (χ4v) is 2.87. The quantitative estimate of drug-likeness (QED) is 0.798. The molecule has 1 aromatic carbocycles. The van der Waals surface area contributed by atoms with E-state index in [0.717, 1.165) is 24.3 Å². The third-order valence-electron chi connectivity index (χ3n) is 4.05. The lowest BCUT2D eigenvalue weighted by Gasteiger charge is -2.15. The predicted octanol–water partition coefficient (Wildman–Crippen LogP) is 3.38. The fraction of sp³-hybridized carbons (Fsp3) is 0.588. The van der Waals surface area contributed by atoms with Gasteiger partial charge in [-0.2, -0.15) is 0 Å². The molecule has 0 radical (unpaired) electrons. The first kappa shape index (κ1) is 15.7. The van der Waals surface area contributed by atoms with E-state index in [4.69, 9.17) is 14.6 Å². The second-order valence-electron chi connectivity index (χ2n) is 5.67. The second-order valence-corrected chi connectivity index (χ2v) is 5.67. The van der Waals surface area contributed by atoms with E-state index >= 15 is 0 Å². The van der Waals surface area contributed by atoms with Gasteiger partial charge < -0.3 is 14.6 Å². The highest BCUT2D eigenvalue weighted by molar-refractivity contribution is 5.73. The molecule has 0 saturated heterocycles. The summed E-state index contributed by atoms with van der Waals surface area (Å²) in [6.45, 7) is 7.24. The number of ether oxygens (including phenoxy) is 2. The van der Waals surface area contributed by atoms with Crippen LogP contribution in [0, 0.1) is 17.8 Å². The fourth-order valence-electron chi connectivity index (χ4n) is 2.87. The zero-order valence-electron chi connectivity index (χ0n) is 13.0. The SMILES string of the molecule is CCOc1ccc(CC(C)C2CC2C(=O)O)cc1OCC. The highest BCUT2D eigenvalue weighted by Gasteiger charge is 2.46. The van der Waals surface area contributed by atoms with Crippen LogP contribution >= 0.6 is 0 Å². The summed E-state index contributed by atoms with van der Waals surface area (Å²) in [5.74, 6) is 1.42. The summed E-state index contributed by atoms with van der Waals surface area (Å²) in [6.07, 6.45) is 1.69. The summed E-state index contributed by atoms with van der Waals surface area (Å²) in [7, 11) is 0. The van der Waals surface area contributed by atoms with Gasteiger partial charge in [0.1, 0.15) is 0 Å². The Morgan fingerprint density at radius 3 is 2.52 bits per heavy atom. The van der Waals surface area contributed by atoms with E-state index in [0.29, 0.717) is 25.0 Å². The first-order valence-corrected chi connectivity index (χ1v) is 7.68. The molecule has 0 bridgehead atoms. The molecule has 1 fully saturated rings. The van der Waals surface area contributed by atoms with E-state index in [1.165, 1.54) is 5.56 Å². The van der Waals surface area contributed by atoms with Crippen LogP contribution in [0.3, 0.4) is 0 Å². The average molecular weight is 292 g/mol. The van der Waals surface area contributed by atoms with E-state index in [-0.39, 0.29) is 5.92 Å². The standard InChI is InChI=1S/C17H24O4/c1-4-20-15-7-6-12(9-16(15)21-5-2)8-11(3)13-10-14(13)17(18)19/h6-7,9,11,13-14H,4-5,8,10H2,1-3H3,(H,18,19). The molecule has 1 N–H and O–H groups in total. The van der Waals surface area contributed by atoms with Crippen molar-refractivity contribution in [1.82, 2.24) is 0 Å². The Labute approximate surface area is 126 Å². The molecule has 0 spiro atoms. The Kier molecular flexibility index (Phi) is 5.10. The van der Waals surface area contributed by atoms with Gasteiger partial charge in [0.25, 0.3) is 0 Å². The molecule has 4 nitrogen and oxygen atoms in total. The van der Waals surface area contributed by atoms with E-state index < -0.39 is 5.97 Å². The van der Waals surface area contributed by atoms with E-state index in [1.54, 1.807) is 0 Å². The van der Waals surface area contributed by atoms with Crippen LogP contribution in [-0.4, -0.2) is 24.3 Å². The van der Waals surface area contributed by atoms with Crippen molar-refractivity contribution < 1.29 is 19.4 Å². The van der Waals surface area contributed by atoms with Gasteiger partial charge in [0.15, 0.2) is 11.5 Å². The molecular formula is C17H24O4. The number of benzene rings is 1. The normalized spacial score (nSPS) is 21.7. The van der Waals surface area contributed by atoms with Crippen LogP contribution < -0.4 is 9.47 Å². The highest BCUT2D eigenvalue weighted by Crippen LogP contribution is 2.45. The molecular weight excluding hydrogens is 268 g/mol. The van der Waals surface area contributed by atoms with Gasteiger partial charge >= 0.3 is 5.97 Å². The minimum Gasteiger partial charge on any atom is -0.490 e. The highest BCUT2D eigenvalue weighted by atomic mass is 16.5. The molecule has 1 aliphatic rings. The lowest BCUT2D eigenvalue weighted by atomic mass is 9.95. The Morgan fingerprint density at radius 1 is 1.29 bits per heavy atom. The van der Waals surface area contributed by atoms with E-state index in [1.807, 2.05) is 32.0 Å². The predicted molar refractivity (Wildman–Crippen MR) is 80.9 cm³/mol. The lowest BCUT2D eigenvalue weighted by molar-refractivity contribution is -0.139. The third kappa shape index (κ3) is 3.90. The maximum Gasteiger partial charge on any atom is 0.306 e. The maximum absolute atomic E-state index is 10.9. The van der Waals surface area contributed by atoms with Crippen molar-refractivity contribution in [3.8, 4) is 11.5 Å². The molecule has 0 aliphatic heterocycles. The molecule has 0 aromatic heterocycles.